The molecule has 0 atom stereocenters. The van der Waals surface area contributed by atoms with E-state index >= 15 is 0 Å². The number of oxime groups is 1. The van der Waals surface area contributed by atoms with Crippen molar-refractivity contribution in [1.29, 1.82) is 0 Å². The molecule has 1 aromatic carbocycles. The maximum atomic E-state index is 11.6. The average molecular weight is 277 g/mol. The van der Waals surface area contributed by atoms with Crippen LogP contribution in [-0.4, -0.2) is 30.1 Å². The van der Waals surface area contributed by atoms with Crippen LogP contribution in [0.1, 0.15) is 24.8 Å². The van der Waals surface area contributed by atoms with Gasteiger partial charge in [0.1, 0.15) is 5.75 Å². The van der Waals surface area contributed by atoms with Crippen molar-refractivity contribution in [2.45, 2.75) is 19.3 Å². The standard InChI is InChI=1S/C14H19N3O3/c15-14(17-19)11-4-6-12(7-5-11)20-9-13(18)16-8-10-2-1-3-10/h4-7,10,19H,1-3,8-9H2,(H2,15,17)(H,16,18). The number of carbonyl (C=O) groups is 1. The van der Waals surface area contributed by atoms with E-state index in [0.29, 0.717) is 17.2 Å². The van der Waals surface area contributed by atoms with Crippen LogP contribution in [0.3, 0.4) is 0 Å². The minimum absolute atomic E-state index is 0.00433. The third-order valence-electron chi connectivity index (χ3n) is 3.44. The van der Waals surface area contributed by atoms with Crippen molar-refractivity contribution in [2.75, 3.05) is 13.2 Å². The van der Waals surface area contributed by atoms with Crippen LogP contribution >= 0.6 is 0 Å². The molecule has 0 heterocycles. The van der Waals surface area contributed by atoms with Crippen LogP contribution in [0.4, 0.5) is 0 Å². The van der Waals surface area contributed by atoms with Crippen molar-refractivity contribution in [3.8, 4) is 5.75 Å². The first-order valence-corrected chi connectivity index (χ1v) is 6.66. The predicted molar refractivity (Wildman–Crippen MR) is 74.8 cm³/mol. The van der Waals surface area contributed by atoms with Crippen LogP contribution in [0.5, 0.6) is 5.75 Å². The largest absolute Gasteiger partial charge is 0.484 e. The molecular formula is C14H19N3O3. The Kier molecular flexibility index (Phi) is 4.81. The zero-order valence-corrected chi connectivity index (χ0v) is 11.2. The highest BCUT2D eigenvalue weighted by Gasteiger charge is 2.17. The molecule has 1 saturated carbocycles. The number of amides is 1. The third-order valence-corrected chi connectivity index (χ3v) is 3.44. The molecule has 1 aliphatic carbocycles. The Balaban J connectivity index is 1.74. The number of hydrogen-bond donors (Lipinski definition) is 3. The first-order valence-electron chi connectivity index (χ1n) is 6.66. The van der Waals surface area contributed by atoms with Gasteiger partial charge in [-0.3, -0.25) is 4.79 Å². The number of nitrogens with zero attached hydrogens (tertiary/aromatic N) is 1. The summed E-state index contributed by atoms with van der Waals surface area (Å²) < 4.78 is 5.36. The van der Waals surface area contributed by atoms with E-state index in [2.05, 4.69) is 10.5 Å². The molecule has 108 valence electrons. The number of carbonyl (C=O) groups excluding carboxylic acids is 1. The average Bonchev–Trinajstić information content (AvgIpc) is 2.43. The molecule has 1 aromatic rings. The Bertz CT molecular complexity index is 481. The quantitative estimate of drug-likeness (QED) is 0.314. The predicted octanol–water partition coefficient (Wildman–Crippen LogP) is 1.08. The molecule has 20 heavy (non-hydrogen) atoms. The first-order chi connectivity index (χ1) is 9.69. The molecule has 6 nitrogen and oxygen atoms in total. The summed E-state index contributed by atoms with van der Waals surface area (Å²) in [6, 6.07) is 6.67. The fourth-order valence-electron chi connectivity index (χ4n) is 1.93. The lowest BCUT2D eigenvalue weighted by Gasteiger charge is -2.25. The topological polar surface area (TPSA) is 96.9 Å². The van der Waals surface area contributed by atoms with Crippen LogP contribution < -0.4 is 15.8 Å². The third kappa shape index (κ3) is 3.88. The molecule has 1 amide bonds. The summed E-state index contributed by atoms with van der Waals surface area (Å²) >= 11 is 0. The van der Waals surface area contributed by atoms with Crippen LogP contribution in [0, 0.1) is 5.92 Å². The molecule has 1 aliphatic rings. The molecule has 4 N–H and O–H groups in total. The smallest absolute Gasteiger partial charge is 0.257 e. The highest BCUT2D eigenvalue weighted by Crippen LogP contribution is 2.25. The summed E-state index contributed by atoms with van der Waals surface area (Å²) in [7, 11) is 0. The molecule has 6 heteroatoms. The lowest BCUT2D eigenvalue weighted by molar-refractivity contribution is -0.123. The molecule has 0 saturated heterocycles. The maximum Gasteiger partial charge on any atom is 0.257 e. The number of hydrogen-bond acceptors (Lipinski definition) is 4. The Morgan fingerprint density at radius 1 is 1.40 bits per heavy atom. The van der Waals surface area contributed by atoms with Crippen molar-refractivity contribution in [1.82, 2.24) is 5.32 Å². The number of amidine groups is 1. The number of ether oxygens (including phenoxy) is 1. The lowest BCUT2D eigenvalue weighted by atomic mass is 9.85. The van der Waals surface area contributed by atoms with Crippen molar-refractivity contribution in [2.24, 2.45) is 16.8 Å². The van der Waals surface area contributed by atoms with Gasteiger partial charge < -0.3 is 21.0 Å². The van der Waals surface area contributed by atoms with Crippen molar-refractivity contribution < 1.29 is 14.7 Å². The minimum Gasteiger partial charge on any atom is -0.484 e. The summed E-state index contributed by atoms with van der Waals surface area (Å²) in [5.41, 5.74) is 6.04. The highest BCUT2D eigenvalue weighted by atomic mass is 16.5. The van der Waals surface area contributed by atoms with Crippen molar-refractivity contribution in [3.05, 3.63) is 29.8 Å². The van der Waals surface area contributed by atoms with Crippen LogP contribution in [0.25, 0.3) is 0 Å². The van der Waals surface area contributed by atoms with Gasteiger partial charge in [0, 0.05) is 12.1 Å². The Morgan fingerprint density at radius 2 is 2.10 bits per heavy atom. The van der Waals surface area contributed by atoms with Crippen LogP contribution in [-0.2, 0) is 4.79 Å². The van der Waals surface area contributed by atoms with Gasteiger partial charge in [0.15, 0.2) is 12.4 Å². The van der Waals surface area contributed by atoms with Gasteiger partial charge >= 0.3 is 0 Å². The summed E-state index contributed by atoms with van der Waals surface area (Å²) in [5.74, 6) is 1.13. The van der Waals surface area contributed by atoms with E-state index in [1.54, 1.807) is 24.3 Å². The van der Waals surface area contributed by atoms with E-state index in [1.165, 1.54) is 19.3 Å². The van der Waals surface area contributed by atoms with E-state index in [9.17, 15) is 4.79 Å². The van der Waals surface area contributed by atoms with E-state index in [1.807, 2.05) is 0 Å². The zero-order valence-electron chi connectivity index (χ0n) is 11.2. The fraction of sp³-hybridized carbons (Fsp3) is 0.429. The Hall–Kier alpha value is -2.24. The van der Waals surface area contributed by atoms with E-state index in [4.69, 9.17) is 15.7 Å². The van der Waals surface area contributed by atoms with Gasteiger partial charge in [-0.15, -0.1) is 0 Å². The normalized spacial score (nSPS) is 15.5. The molecule has 0 bridgehead atoms. The number of rotatable bonds is 6. The molecule has 0 aliphatic heterocycles. The summed E-state index contributed by atoms with van der Waals surface area (Å²) in [5, 5.41) is 14.3. The van der Waals surface area contributed by atoms with Gasteiger partial charge in [-0.05, 0) is 43.0 Å². The summed E-state index contributed by atoms with van der Waals surface area (Å²) in [6.07, 6.45) is 3.68. The second kappa shape index (κ2) is 6.79. The summed E-state index contributed by atoms with van der Waals surface area (Å²) in [6.45, 7) is 0.736. The monoisotopic (exact) mass is 277 g/mol. The maximum absolute atomic E-state index is 11.6. The molecule has 1 fully saturated rings. The Morgan fingerprint density at radius 3 is 2.65 bits per heavy atom. The van der Waals surface area contributed by atoms with E-state index in [-0.39, 0.29) is 18.3 Å². The lowest BCUT2D eigenvalue weighted by Crippen LogP contribution is -2.35. The number of nitrogens with two attached hydrogens (primary N) is 1. The number of benzene rings is 1. The van der Waals surface area contributed by atoms with Gasteiger partial charge in [0.2, 0.25) is 0 Å². The van der Waals surface area contributed by atoms with E-state index in [0.717, 1.165) is 6.54 Å². The second-order valence-electron chi connectivity index (χ2n) is 4.90. The van der Waals surface area contributed by atoms with Crippen LogP contribution in [0.15, 0.2) is 29.4 Å². The van der Waals surface area contributed by atoms with Gasteiger partial charge in [-0.1, -0.05) is 11.6 Å². The van der Waals surface area contributed by atoms with Crippen molar-refractivity contribution >= 4 is 11.7 Å². The Labute approximate surface area is 117 Å². The second-order valence-corrected chi connectivity index (χ2v) is 4.90. The highest BCUT2D eigenvalue weighted by molar-refractivity contribution is 5.97. The van der Waals surface area contributed by atoms with Crippen molar-refractivity contribution in [3.63, 3.8) is 0 Å². The first kappa shape index (κ1) is 14.2. The van der Waals surface area contributed by atoms with Crippen LogP contribution in [0.2, 0.25) is 0 Å². The molecule has 0 radical (unpaired) electrons. The number of nitrogens with one attached hydrogen (secondary N) is 1. The van der Waals surface area contributed by atoms with Gasteiger partial charge in [-0.25, -0.2) is 0 Å². The van der Waals surface area contributed by atoms with Gasteiger partial charge in [-0.2, -0.15) is 0 Å². The SMILES string of the molecule is N/C(=N\O)c1ccc(OCC(=O)NCC2CCC2)cc1. The summed E-state index contributed by atoms with van der Waals surface area (Å²) in [4.78, 5) is 11.6. The molecule has 0 unspecified atom stereocenters. The molecule has 0 aromatic heterocycles. The minimum atomic E-state index is -0.114. The molecular weight excluding hydrogens is 258 g/mol. The van der Waals surface area contributed by atoms with Gasteiger partial charge in [0.25, 0.3) is 5.91 Å². The zero-order chi connectivity index (χ0) is 14.4. The molecule has 2 rings (SSSR count). The fourth-order valence-corrected chi connectivity index (χ4v) is 1.93. The molecule has 0 spiro atoms. The van der Waals surface area contributed by atoms with Gasteiger partial charge in [0.05, 0.1) is 0 Å². The van der Waals surface area contributed by atoms with E-state index < -0.39 is 0 Å².